The van der Waals surface area contributed by atoms with Gasteiger partial charge in [-0.15, -0.1) is 12.4 Å². The molecule has 21 heavy (non-hydrogen) atoms. The van der Waals surface area contributed by atoms with Gasteiger partial charge >= 0.3 is 5.97 Å². The van der Waals surface area contributed by atoms with Gasteiger partial charge in [-0.3, -0.25) is 0 Å². The molecule has 1 fully saturated rings. The number of carbonyl (C=O) groups excluding carboxylic acids is 1. The van der Waals surface area contributed by atoms with E-state index in [1.54, 1.807) is 12.1 Å². The van der Waals surface area contributed by atoms with Crippen molar-refractivity contribution in [3.8, 4) is 5.75 Å². The van der Waals surface area contributed by atoms with Crippen LogP contribution >= 0.6 is 12.4 Å². The van der Waals surface area contributed by atoms with Gasteiger partial charge in [0.25, 0.3) is 0 Å². The maximum atomic E-state index is 11.5. The second kappa shape index (κ2) is 8.90. The molecule has 0 radical (unpaired) electrons. The Kier molecular flexibility index (Phi) is 7.54. The number of methoxy groups -OCH3 is 1. The Balaban J connectivity index is 0.00000220. The number of rotatable bonds is 5. The summed E-state index contributed by atoms with van der Waals surface area (Å²) < 4.78 is 10.6. The quantitative estimate of drug-likeness (QED) is 0.847. The molecule has 0 spiro atoms. The zero-order valence-corrected chi connectivity index (χ0v) is 13.3. The summed E-state index contributed by atoms with van der Waals surface area (Å²) in [6.45, 7) is 1.09. The first-order valence-electron chi connectivity index (χ1n) is 7.28. The van der Waals surface area contributed by atoms with E-state index in [-0.39, 0.29) is 18.4 Å². The zero-order chi connectivity index (χ0) is 14.4. The highest BCUT2D eigenvalue weighted by Crippen LogP contribution is 2.26. The van der Waals surface area contributed by atoms with Crippen molar-refractivity contribution in [2.24, 2.45) is 11.7 Å². The molecule has 118 valence electrons. The smallest absolute Gasteiger partial charge is 0.337 e. The molecular weight excluding hydrogens is 290 g/mol. The van der Waals surface area contributed by atoms with Crippen LogP contribution < -0.4 is 10.5 Å². The molecular formula is C16H24ClNO3. The van der Waals surface area contributed by atoms with Crippen LogP contribution in [0.25, 0.3) is 0 Å². The third kappa shape index (κ3) is 4.90. The predicted molar refractivity (Wildman–Crippen MR) is 85.0 cm³/mol. The van der Waals surface area contributed by atoms with Gasteiger partial charge in [0.05, 0.1) is 19.3 Å². The Bertz CT molecular complexity index is 459. The Labute approximate surface area is 132 Å². The highest BCUT2D eigenvalue weighted by molar-refractivity contribution is 5.89. The highest BCUT2D eigenvalue weighted by Gasteiger charge is 2.15. The average molecular weight is 314 g/mol. The number of ether oxygens (including phenoxy) is 2. The molecule has 1 aromatic carbocycles. The lowest BCUT2D eigenvalue weighted by Gasteiger charge is -2.22. The maximum Gasteiger partial charge on any atom is 0.337 e. The molecule has 0 bridgehead atoms. The summed E-state index contributed by atoms with van der Waals surface area (Å²) in [5, 5.41) is 0. The highest BCUT2D eigenvalue weighted by atomic mass is 35.5. The number of nitrogens with two attached hydrogens (primary N) is 1. The third-order valence-electron chi connectivity index (χ3n) is 3.90. The molecule has 2 rings (SSSR count). The van der Waals surface area contributed by atoms with Crippen molar-refractivity contribution in [3.05, 3.63) is 29.3 Å². The fourth-order valence-electron chi connectivity index (χ4n) is 2.69. The molecule has 1 aliphatic carbocycles. The van der Waals surface area contributed by atoms with Crippen LogP contribution in [0.15, 0.2) is 18.2 Å². The first-order chi connectivity index (χ1) is 9.74. The normalized spacial score (nSPS) is 15.1. The molecule has 0 unspecified atom stereocenters. The van der Waals surface area contributed by atoms with E-state index in [4.69, 9.17) is 15.2 Å². The van der Waals surface area contributed by atoms with Crippen LogP contribution in [0.5, 0.6) is 5.75 Å². The van der Waals surface area contributed by atoms with E-state index in [0.717, 1.165) is 17.9 Å². The average Bonchev–Trinajstić information content (AvgIpc) is 2.53. The largest absolute Gasteiger partial charge is 0.493 e. The summed E-state index contributed by atoms with van der Waals surface area (Å²) in [5.74, 6) is 1.08. The van der Waals surface area contributed by atoms with Crippen LogP contribution in [0.4, 0.5) is 0 Å². The van der Waals surface area contributed by atoms with Gasteiger partial charge in [-0.1, -0.05) is 19.3 Å². The van der Waals surface area contributed by atoms with Gasteiger partial charge in [-0.25, -0.2) is 4.79 Å². The molecule has 5 heteroatoms. The Morgan fingerprint density at radius 2 is 2.00 bits per heavy atom. The first-order valence-corrected chi connectivity index (χ1v) is 7.28. The van der Waals surface area contributed by atoms with Crippen molar-refractivity contribution in [2.45, 2.75) is 38.6 Å². The van der Waals surface area contributed by atoms with Crippen LogP contribution in [0.3, 0.4) is 0 Å². The molecule has 0 amide bonds. The van der Waals surface area contributed by atoms with Gasteiger partial charge in [0.15, 0.2) is 0 Å². The summed E-state index contributed by atoms with van der Waals surface area (Å²) in [7, 11) is 1.37. The van der Waals surface area contributed by atoms with Crippen LogP contribution in [-0.2, 0) is 11.3 Å². The minimum absolute atomic E-state index is 0. The number of benzene rings is 1. The molecule has 1 aliphatic rings. The summed E-state index contributed by atoms with van der Waals surface area (Å²) in [4.78, 5) is 11.5. The topological polar surface area (TPSA) is 61.5 Å². The summed E-state index contributed by atoms with van der Waals surface area (Å²) in [6.07, 6.45) is 6.45. The van der Waals surface area contributed by atoms with Gasteiger partial charge in [0, 0.05) is 12.1 Å². The van der Waals surface area contributed by atoms with Crippen molar-refractivity contribution in [1.29, 1.82) is 0 Å². The molecule has 2 N–H and O–H groups in total. The fourth-order valence-corrected chi connectivity index (χ4v) is 2.69. The van der Waals surface area contributed by atoms with Crippen molar-refractivity contribution < 1.29 is 14.3 Å². The second-order valence-corrected chi connectivity index (χ2v) is 5.33. The number of hydrogen-bond donors (Lipinski definition) is 1. The monoisotopic (exact) mass is 313 g/mol. The fraction of sp³-hybridized carbons (Fsp3) is 0.562. The number of halogens is 1. The van der Waals surface area contributed by atoms with Crippen LogP contribution in [0.1, 0.15) is 48.0 Å². The van der Waals surface area contributed by atoms with E-state index in [1.165, 1.54) is 39.2 Å². The summed E-state index contributed by atoms with van der Waals surface area (Å²) in [5.41, 5.74) is 7.10. The molecule has 4 nitrogen and oxygen atoms in total. The standard InChI is InChI=1S/C16H23NO3.ClH/c1-19-16(18)13-7-8-15(14(9-13)10-17)20-11-12-5-3-2-4-6-12;/h7-9,12H,2-6,10-11,17H2,1H3;1H. The molecule has 0 saturated heterocycles. The van der Waals surface area contributed by atoms with Crippen LogP contribution in [0.2, 0.25) is 0 Å². The molecule has 1 saturated carbocycles. The molecule has 0 heterocycles. The SMILES string of the molecule is COC(=O)c1ccc(OCC2CCCCC2)c(CN)c1.Cl. The maximum absolute atomic E-state index is 11.5. The van der Waals surface area contributed by atoms with Crippen molar-refractivity contribution in [2.75, 3.05) is 13.7 Å². The second-order valence-electron chi connectivity index (χ2n) is 5.33. The first kappa shape index (κ1) is 17.8. The van der Waals surface area contributed by atoms with Gasteiger partial charge in [0.1, 0.15) is 5.75 Å². The van der Waals surface area contributed by atoms with E-state index in [1.807, 2.05) is 6.07 Å². The van der Waals surface area contributed by atoms with Crippen molar-refractivity contribution in [1.82, 2.24) is 0 Å². The van der Waals surface area contributed by atoms with E-state index in [2.05, 4.69) is 0 Å². The van der Waals surface area contributed by atoms with Gasteiger partial charge in [-0.2, -0.15) is 0 Å². The third-order valence-corrected chi connectivity index (χ3v) is 3.90. The lowest BCUT2D eigenvalue weighted by Crippen LogP contribution is -2.16. The number of hydrogen-bond acceptors (Lipinski definition) is 4. The molecule has 1 aromatic rings. The molecule has 0 aromatic heterocycles. The Morgan fingerprint density at radius 3 is 2.62 bits per heavy atom. The zero-order valence-electron chi connectivity index (χ0n) is 12.5. The summed E-state index contributed by atoms with van der Waals surface area (Å²) in [6, 6.07) is 5.29. The summed E-state index contributed by atoms with van der Waals surface area (Å²) >= 11 is 0. The van der Waals surface area contributed by atoms with Gasteiger partial charge in [-0.05, 0) is 37.0 Å². The van der Waals surface area contributed by atoms with Crippen molar-refractivity contribution >= 4 is 18.4 Å². The van der Waals surface area contributed by atoms with E-state index >= 15 is 0 Å². The minimum atomic E-state index is -0.349. The number of esters is 1. The van der Waals surface area contributed by atoms with E-state index in [0.29, 0.717) is 18.0 Å². The van der Waals surface area contributed by atoms with Crippen LogP contribution in [0, 0.1) is 5.92 Å². The van der Waals surface area contributed by atoms with Crippen LogP contribution in [-0.4, -0.2) is 19.7 Å². The Hall–Kier alpha value is -1.26. The minimum Gasteiger partial charge on any atom is -0.493 e. The molecule has 0 aliphatic heterocycles. The van der Waals surface area contributed by atoms with E-state index < -0.39 is 0 Å². The van der Waals surface area contributed by atoms with Gasteiger partial charge < -0.3 is 15.2 Å². The van der Waals surface area contributed by atoms with Crippen molar-refractivity contribution in [3.63, 3.8) is 0 Å². The number of carbonyl (C=O) groups is 1. The Morgan fingerprint density at radius 1 is 1.29 bits per heavy atom. The lowest BCUT2D eigenvalue weighted by molar-refractivity contribution is 0.0600. The van der Waals surface area contributed by atoms with Gasteiger partial charge in [0.2, 0.25) is 0 Å². The predicted octanol–water partition coefficient (Wildman–Crippen LogP) is 3.31. The lowest BCUT2D eigenvalue weighted by atomic mass is 9.90. The molecule has 0 atom stereocenters. The van der Waals surface area contributed by atoms with E-state index in [9.17, 15) is 4.79 Å².